The van der Waals surface area contributed by atoms with E-state index in [9.17, 15) is 0 Å². The highest BCUT2D eigenvalue weighted by atomic mass is 14.9. The van der Waals surface area contributed by atoms with E-state index in [0.29, 0.717) is 0 Å². The molecule has 1 atom stereocenters. The van der Waals surface area contributed by atoms with Crippen molar-refractivity contribution in [1.29, 1.82) is 0 Å². The molecule has 1 aromatic carbocycles. The highest BCUT2D eigenvalue weighted by Gasteiger charge is 2.12. The van der Waals surface area contributed by atoms with Crippen molar-refractivity contribution >= 4 is 0 Å². The average Bonchev–Trinajstić information content (AvgIpc) is 2.41. The largest absolute Gasteiger partial charge is 0.311 e. The first-order valence-corrected chi connectivity index (χ1v) is 6.20. The number of nitrogens with one attached hydrogen (secondary N) is 1. The van der Waals surface area contributed by atoms with Crippen LogP contribution in [0, 0.1) is 13.8 Å². The monoisotopic (exact) mass is 241 g/mol. The molecule has 0 amide bonds. The Hall–Kier alpha value is -1.74. The van der Waals surface area contributed by atoms with Crippen LogP contribution in [0.1, 0.15) is 28.4 Å². The molecule has 3 nitrogen and oxygen atoms in total. The maximum atomic E-state index is 4.37. The van der Waals surface area contributed by atoms with Crippen LogP contribution in [0.3, 0.4) is 0 Å². The Labute approximate surface area is 108 Å². The van der Waals surface area contributed by atoms with Crippen LogP contribution in [0.15, 0.2) is 36.8 Å². The summed E-state index contributed by atoms with van der Waals surface area (Å²) in [6, 6.07) is 6.78. The van der Waals surface area contributed by atoms with Gasteiger partial charge in [0.25, 0.3) is 0 Å². The maximum absolute atomic E-state index is 4.37. The molecule has 0 fully saturated rings. The number of aryl methyl sites for hydroxylation is 2. The van der Waals surface area contributed by atoms with Crippen LogP contribution in [-0.4, -0.2) is 17.0 Å². The normalized spacial score (nSPS) is 12.4. The molecule has 3 heteroatoms. The zero-order valence-electron chi connectivity index (χ0n) is 11.1. The summed E-state index contributed by atoms with van der Waals surface area (Å²) in [7, 11) is 1.96. The number of rotatable bonds is 4. The quantitative estimate of drug-likeness (QED) is 0.894. The van der Waals surface area contributed by atoms with Crippen molar-refractivity contribution in [3.05, 3.63) is 59.2 Å². The van der Waals surface area contributed by atoms with Crippen molar-refractivity contribution in [2.75, 3.05) is 7.05 Å². The number of aromatic nitrogens is 2. The molecule has 0 aliphatic heterocycles. The van der Waals surface area contributed by atoms with Crippen LogP contribution in [-0.2, 0) is 6.42 Å². The highest BCUT2D eigenvalue weighted by Crippen LogP contribution is 2.19. The Balaban J connectivity index is 2.23. The van der Waals surface area contributed by atoms with Crippen LogP contribution < -0.4 is 5.32 Å². The van der Waals surface area contributed by atoms with Crippen LogP contribution >= 0.6 is 0 Å². The molecule has 0 spiro atoms. The number of benzene rings is 1. The van der Waals surface area contributed by atoms with E-state index >= 15 is 0 Å². The summed E-state index contributed by atoms with van der Waals surface area (Å²) in [4.78, 5) is 8.51. The fourth-order valence-corrected chi connectivity index (χ4v) is 2.09. The second kappa shape index (κ2) is 5.74. The SMILES string of the molecule is CNC(Cc1cc(C)ccc1C)c1cnccn1. The predicted molar refractivity (Wildman–Crippen MR) is 73.5 cm³/mol. The Morgan fingerprint density at radius 2 is 2.06 bits per heavy atom. The lowest BCUT2D eigenvalue weighted by molar-refractivity contribution is 0.572. The van der Waals surface area contributed by atoms with Gasteiger partial charge in [0.15, 0.2) is 0 Å². The summed E-state index contributed by atoms with van der Waals surface area (Å²) in [6.07, 6.45) is 6.20. The van der Waals surface area contributed by atoms with Crippen LogP contribution in [0.25, 0.3) is 0 Å². The summed E-state index contributed by atoms with van der Waals surface area (Å²) >= 11 is 0. The number of nitrogens with zero attached hydrogens (tertiary/aromatic N) is 2. The minimum absolute atomic E-state index is 0.208. The zero-order valence-corrected chi connectivity index (χ0v) is 11.1. The van der Waals surface area contributed by atoms with Crippen molar-refractivity contribution in [2.45, 2.75) is 26.3 Å². The van der Waals surface area contributed by atoms with Gasteiger partial charge >= 0.3 is 0 Å². The lowest BCUT2D eigenvalue weighted by Crippen LogP contribution is -2.20. The average molecular weight is 241 g/mol. The van der Waals surface area contributed by atoms with Gasteiger partial charge in [0.05, 0.1) is 11.7 Å². The van der Waals surface area contributed by atoms with Crippen LogP contribution in [0.5, 0.6) is 0 Å². The predicted octanol–water partition coefficient (Wildman–Crippen LogP) is 2.60. The van der Waals surface area contributed by atoms with E-state index < -0.39 is 0 Å². The lowest BCUT2D eigenvalue weighted by atomic mass is 9.97. The first kappa shape index (κ1) is 12.7. The molecule has 1 heterocycles. The van der Waals surface area contributed by atoms with E-state index in [4.69, 9.17) is 0 Å². The Kier molecular flexibility index (Phi) is 4.05. The summed E-state index contributed by atoms with van der Waals surface area (Å²) in [5.41, 5.74) is 4.97. The molecule has 0 saturated heterocycles. The zero-order chi connectivity index (χ0) is 13.0. The first-order chi connectivity index (χ1) is 8.70. The molecular weight excluding hydrogens is 222 g/mol. The van der Waals surface area contributed by atoms with Gasteiger partial charge in [0, 0.05) is 18.6 Å². The van der Waals surface area contributed by atoms with E-state index in [-0.39, 0.29) is 6.04 Å². The van der Waals surface area contributed by atoms with Gasteiger partial charge in [-0.15, -0.1) is 0 Å². The van der Waals surface area contributed by atoms with Gasteiger partial charge in [-0.25, -0.2) is 0 Å². The topological polar surface area (TPSA) is 37.8 Å². The van der Waals surface area contributed by atoms with E-state index in [1.807, 2.05) is 13.2 Å². The molecule has 2 rings (SSSR count). The number of hydrogen-bond donors (Lipinski definition) is 1. The van der Waals surface area contributed by atoms with Crippen molar-refractivity contribution in [3.8, 4) is 0 Å². The molecule has 0 saturated carbocycles. The van der Waals surface area contributed by atoms with Gasteiger partial charge in [0.2, 0.25) is 0 Å². The lowest BCUT2D eigenvalue weighted by Gasteiger charge is -2.17. The molecule has 0 bridgehead atoms. The Morgan fingerprint density at radius 1 is 1.22 bits per heavy atom. The van der Waals surface area contributed by atoms with E-state index in [2.05, 4.69) is 47.3 Å². The third-order valence-electron chi connectivity index (χ3n) is 3.22. The molecule has 94 valence electrons. The van der Waals surface area contributed by atoms with Gasteiger partial charge in [-0.1, -0.05) is 23.8 Å². The van der Waals surface area contributed by atoms with Gasteiger partial charge in [0.1, 0.15) is 0 Å². The third-order valence-corrected chi connectivity index (χ3v) is 3.22. The van der Waals surface area contributed by atoms with Crippen molar-refractivity contribution in [1.82, 2.24) is 15.3 Å². The second-order valence-electron chi connectivity index (χ2n) is 4.61. The smallest absolute Gasteiger partial charge is 0.0759 e. The maximum Gasteiger partial charge on any atom is 0.0759 e. The molecule has 2 aromatic rings. The molecule has 0 aliphatic rings. The third kappa shape index (κ3) is 2.93. The van der Waals surface area contributed by atoms with Gasteiger partial charge in [-0.2, -0.15) is 0 Å². The first-order valence-electron chi connectivity index (χ1n) is 6.20. The van der Waals surface area contributed by atoms with Crippen LogP contribution in [0.2, 0.25) is 0 Å². The van der Waals surface area contributed by atoms with Crippen molar-refractivity contribution in [2.24, 2.45) is 0 Å². The van der Waals surface area contributed by atoms with Gasteiger partial charge in [-0.3, -0.25) is 9.97 Å². The van der Waals surface area contributed by atoms with Crippen molar-refractivity contribution < 1.29 is 0 Å². The molecule has 0 aliphatic carbocycles. The molecule has 18 heavy (non-hydrogen) atoms. The standard InChI is InChI=1S/C15H19N3/c1-11-4-5-12(2)13(8-11)9-14(16-3)15-10-17-6-7-18-15/h4-8,10,14,16H,9H2,1-3H3. The minimum atomic E-state index is 0.208. The minimum Gasteiger partial charge on any atom is -0.311 e. The fraction of sp³-hybridized carbons (Fsp3) is 0.333. The Morgan fingerprint density at radius 3 is 2.72 bits per heavy atom. The summed E-state index contributed by atoms with van der Waals surface area (Å²) in [5.74, 6) is 0. The van der Waals surface area contributed by atoms with Crippen molar-refractivity contribution in [3.63, 3.8) is 0 Å². The Bertz CT molecular complexity index is 508. The van der Waals surface area contributed by atoms with E-state index in [1.54, 1.807) is 12.4 Å². The van der Waals surface area contributed by atoms with Gasteiger partial charge < -0.3 is 5.32 Å². The highest BCUT2D eigenvalue weighted by molar-refractivity contribution is 5.31. The number of likely N-dealkylation sites (N-methyl/N-ethyl adjacent to an activating group) is 1. The van der Waals surface area contributed by atoms with E-state index in [0.717, 1.165) is 12.1 Å². The summed E-state index contributed by atoms with van der Waals surface area (Å²) < 4.78 is 0. The summed E-state index contributed by atoms with van der Waals surface area (Å²) in [5, 5.41) is 3.31. The molecule has 0 radical (unpaired) electrons. The molecule has 1 unspecified atom stereocenters. The molecular formula is C15H19N3. The van der Waals surface area contributed by atoms with Crippen LogP contribution in [0.4, 0.5) is 0 Å². The molecule has 1 aromatic heterocycles. The molecule has 1 N–H and O–H groups in total. The van der Waals surface area contributed by atoms with E-state index in [1.165, 1.54) is 16.7 Å². The fourth-order valence-electron chi connectivity index (χ4n) is 2.09. The second-order valence-corrected chi connectivity index (χ2v) is 4.61. The van der Waals surface area contributed by atoms with Gasteiger partial charge in [-0.05, 0) is 38.4 Å². The number of hydrogen-bond acceptors (Lipinski definition) is 3. The summed E-state index contributed by atoms with van der Waals surface area (Å²) in [6.45, 7) is 4.28.